The van der Waals surface area contributed by atoms with Crippen molar-refractivity contribution in [2.24, 2.45) is 0 Å². The van der Waals surface area contributed by atoms with E-state index in [-0.39, 0.29) is 0 Å². The van der Waals surface area contributed by atoms with Crippen molar-refractivity contribution in [2.75, 3.05) is 0 Å². The van der Waals surface area contributed by atoms with Gasteiger partial charge in [-0.15, -0.1) is 22.7 Å². The van der Waals surface area contributed by atoms with Gasteiger partial charge in [0.2, 0.25) is 0 Å². The average molecular weight is 310 g/mol. The topological polar surface area (TPSA) is 12.9 Å². The minimum atomic E-state index is 0.593. The first-order chi connectivity index (χ1) is 8.70. The molecule has 0 radical (unpaired) electrons. The van der Waals surface area contributed by atoms with E-state index in [1.807, 2.05) is 12.1 Å². The fourth-order valence-corrected chi connectivity index (χ4v) is 4.59. The normalized spacial score (nSPS) is 11.9. The largest absolute Gasteiger partial charge is 0.225 e. The number of hydrogen-bond acceptors (Lipinski definition) is 3. The van der Waals surface area contributed by atoms with Crippen LogP contribution in [0.15, 0.2) is 30.3 Å². The van der Waals surface area contributed by atoms with Crippen LogP contribution in [0, 0.1) is 0 Å². The molecule has 0 atom stereocenters. The number of thiazole rings is 1. The number of thiophene rings is 1. The Bertz CT molecular complexity index is 907. The Morgan fingerprint density at radius 3 is 2.56 bits per heavy atom. The molecule has 0 fully saturated rings. The first kappa shape index (κ1) is 11.0. The van der Waals surface area contributed by atoms with Gasteiger partial charge in [-0.25, -0.2) is 4.98 Å². The highest BCUT2D eigenvalue weighted by molar-refractivity contribution is 7.26. The standard InChI is InChI=1S/C13H5Cl2NS2/c14-6-1-2-7-8-4-12-9(16-13(15)18-12)5-11(8)17-10(7)3-6/h1-5H. The van der Waals surface area contributed by atoms with Crippen LogP contribution in [0.1, 0.15) is 0 Å². The van der Waals surface area contributed by atoms with Crippen molar-refractivity contribution in [3.63, 3.8) is 0 Å². The van der Waals surface area contributed by atoms with Crippen LogP contribution in [0.3, 0.4) is 0 Å². The molecule has 4 aromatic rings. The number of halogens is 2. The number of rotatable bonds is 0. The highest BCUT2D eigenvalue weighted by Gasteiger charge is 2.09. The molecule has 2 aromatic carbocycles. The second-order valence-corrected chi connectivity index (χ2v) is 7.16. The van der Waals surface area contributed by atoms with Crippen molar-refractivity contribution in [2.45, 2.75) is 0 Å². The maximum absolute atomic E-state index is 6.03. The molecule has 0 amide bonds. The molecule has 4 rings (SSSR count). The lowest BCUT2D eigenvalue weighted by Crippen LogP contribution is -1.68. The highest BCUT2D eigenvalue weighted by atomic mass is 35.5. The maximum Gasteiger partial charge on any atom is 0.184 e. The summed E-state index contributed by atoms with van der Waals surface area (Å²) in [6, 6.07) is 10.3. The van der Waals surface area contributed by atoms with E-state index in [0.717, 1.165) is 15.2 Å². The Balaban J connectivity index is 2.21. The third kappa shape index (κ3) is 1.55. The summed E-state index contributed by atoms with van der Waals surface area (Å²) in [5.41, 5.74) is 0.968. The van der Waals surface area contributed by atoms with Gasteiger partial charge >= 0.3 is 0 Å². The number of hydrogen-bond donors (Lipinski definition) is 0. The van der Waals surface area contributed by atoms with E-state index in [9.17, 15) is 0 Å². The smallest absolute Gasteiger partial charge is 0.184 e. The number of nitrogens with zero attached hydrogens (tertiary/aromatic N) is 1. The lowest BCUT2D eigenvalue weighted by molar-refractivity contribution is 1.51. The zero-order valence-corrected chi connectivity index (χ0v) is 12.1. The van der Waals surface area contributed by atoms with Crippen LogP contribution in [-0.2, 0) is 0 Å². The summed E-state index contributed by atoms with van der Waals surface area (Å²) in [5.74, 6) is 0. The third-order valence-corrected chi connectivity index (χ3v) is 5.39. The maximum atomic E-state index is 6.03. The lowest BCUT2D eigenvalue weighted by atomic mass is 10.1. The zero-order chi connectivity index (χ0) is 12.3. The molecule has 0 unspecified atom stereocenters. The molecule has 0 aliphatic heterocycles. The van der Waals surface area contributed by atoms with E-state index < -0.39 is 0 Å². The fourth-order valence-electron chi connectivity index (χ4n) is 2.14. The van der Waals surface area contributed by atoms with Crippen LogP contribution in [0.4, 0.5) is 0 Å². The quantitative estimate of drug-likeness (QED) is 0.390. The predicted molar refractivity (Wildman–Crippen MR) is 82.5 cm³/mol. The van der Waals surface area contributed by atoms with E-state index in [1.54, 1.807) is 11.3 Å². The van der Waals surface area contributed by atoms with Crippen molar-refractivity contribution in [3.8, 4) is 0 Å². The molecule has 0 saturated heterocycles. The molecule has 0 bridgehead atoms. The Kier molecular flexibility index (Phi) is 2.33. The Morgan fingerprint density at radius 2 is 1.67 bits per heavy atom. The molecule has 18 heavy (non-hydrogen) atoms. The number of benzene rings is 2. The van der Waals surface area contributed by atoms with E-state index in [2.05, 4.69) is 23.2 Å². The van der Waals surface area contributed by atoms with Crippen molar-refractivity contribution in [1.82, 2.24) is 4.98 Å². The summed E-state index contributed by atoms with van der Waals surface area (Å²) in [7, 11) is 0. The number of fused-ring (bicyclic) bond motifs is 4. The summed E-state index contributed by atoms with van der Waals surface area (Å²) < 4.78 is 4.15. The molecule has 0 aliphatic rings. The lowest BCUT2D eigenvalue weighted by Gasteiger charge is -1.92. The average Bonchev–Trinajstić information content (AvgIpc) is 2.83. The third-order valence-electron chi connectivity index (χ3n) is 2.92. The first-order valence-corrected chi connectivity index (χ1v) is 7.67. The van der Waals surface area contributed by atoms with Crippen LogP contribution < -0.4 is 0 Å². The van der Waals surface area contributed by atoms with Gasteiger partial charge < -0.3 is 0 Å². The van der Waals surface area contributed by atoms with Crippen LogP contribution in [0.2, 0.25) is 9.49 Å². The molecule has 1 nitrogen and oxygen atoms in total. The van der Waals surface area contributed by atoms with Crippen molar-refractivity contribution in [1.29, 1.82) is 0 Å². The van der Waals surface area contributed by atoms with Crippen LogP contribution in [-0.4, -0.2) is 4.98 Å². The molecule has 0 aliphatic carbocycles. The summed E-state index contributed by atoms with van der Waals surface area (Å²) in [6.45, 7) is 0. The first-order valence-electron chi connectivity index (χ1n) is 5.28. The second-order valence-electron chi connectivity index (χ2n) is 4.03. The number of aromatic nitrogens is 1. The van der Waals surface area contributed by atoms with Gasteiger partial charge in [-0.2, -0.15) is 0 Å². The van der Waals surface area contributed by atoms with E-state index in [0.29, 0.717) is 4.47 Å². The van der Waals surface area contributed by atoms with Gasteiger partial charge in [0.1, 0.15) is 0 Å². The van der Waals surface area contributed by atoms with Crippen molar-refractivity contribution < 1.29 is 0 Å². The SMILES string of the molecule is Clc1ccc2c(c1)sc1cc3nc(Cl)sc3cc12. The zero-order valence-electron chi connectivity index (χ0n) is 8.91. The van der Waals surface area contributed by atoms with Gasteiger partial charge in [0.25, 0.3) is 0 Å². The summed E-state index contributed by atoms with van der Waals surface area (Å²) in [6.07, 6.45) is 0. The summed E-state index contributed by atoms with van der Waals surface area (Å²) >= 11 is 15.2. The van der Waals surface area contributed by atoms with E-state index in [1.165, 1.54) is 31.5 Å². The fraction of sp³-hybridized carbons (Fsp3) is 0. The monoisotopic (exact) mass is 309 g/mol. The predicted octanol–water partition coefficient (Wildman–Crippen LogP) is 5.97. The molecular weight excluding hydrogens is 305 g/mol. The van der Waals surface area contributed by atoms with Crippen LogP contribution in [0.25, 0.3) is 30.4 Å². The van der Waals surface area contributed by atoms with E-state index >= 15 is 0 Å². The molecule has 5 heteroatoms. The van der Waals surface area contributed by atoms with Crippen LogP contribution in [0.5, 0.6) is 0 Å². The van der Waals surface area contributed by atoms with Gasteiger partial charge in [-0.05, 0) is 24.3 Å². The molecular formula is C13H5Cl2NS2. The highest BCUT2D eigenvalue weighted by Crippen LogP contribution is 2.39. The molecule has 0 spiro atoms. The Morgan fingerprint density at radius 1 is 0.833 bits per heavy atom. The Hall–Kier alpha value is -0.870. The Labute approximate surface area is 121 Å². The molecule has 2 heterocycles. The summed E-state index contributed by atoms with van der Waals surface area (Å²) in [4.78, 5) is 4.32. The van der Waals surface area contributed by atoms with Gasteiger partial charge in [-0.1, -0.05) is 29.3 Å². The van der Waals surface area contributed by atoms with E-state index in [4.69, 9.17) is 23.2 Å². The molecule has 0 N–H and O–H groups in total. The van der Waals surface area contributed by atoms with Gasteiger partial charge in [0, 0.05) is 25.2 Å². The van der Waals surface area contributed by atoms with Gasteiger partial charge in [-0.3, -0.25) is 0 Å². The minimum Gasteiger partial charge on any atom is -0.225 e. The van der Waals surface area contributed by atoms with Crippen molar-refractivity contribution >= 4 is 76.3 Å². The minimum absolute atomic E-state index is 0.593. The summed E-state index contributed by atoms with van der Waals surface area (Å²) in [5, 5.41) is 3.27. The van der Waals surface area contributed by atoms with Gasteiger partial charge in [0.15, 0.2) is 4.47 Å². The van der Waals surface area contributed by atoms with Crippen molar-refractivity contribution in [3.05, 3.63) is 39.8 Å². The molecule has 88 valence electrons. The molecule has 0 saturated carbocycles. The van der Waals surface area contributed by atoms with Gasteiger partial charge in [0.05, 0.1) is 10.2 Å². The van der Waals surface area contributed by atoms with Crippen LogP contribution >= 0.6 is 45.9 Å². The molecule has 2 aromatic heterocycles. The second kappa shape index (κ2) is 3.81.